The lowest BCUT2D eigenvalue weighted by Crippen LogP contribution is -2.09. The van der Waals surface area contributed by atoms with E-state index in [1.807, 2.05) is 26.1 Å². The molecule has 0 atom stereocenters. The summed E-state index contributed by atoms with van der Waals surface area (Å²) in [6.45, 7) is 8.13. The molecule has 0 aliphatic carbocycles. The number of rotatable bonds is 3. The van der Waals surface area contributed by atoms with Gasteiger partial charge in [-0.25, -0.2) is 4.98 Å². The molecule has 1 aromatic rings. The normalized spacial score (nSPS) is 11.0. The molecule has 3 nitrogen and oxygen atoms in total. The first kappa shape index (κ1) is 10.8. The van der Waals surface area contributed by atoms with Crippen LogP contribution in [0.1, 0.15) is 39.2 Å². The van der Waals surface area contributed by atoms with Crippen molar-refractivity contribution in [1.82, 2.24) is 4.98 Å². The Hall–Kier alpha value is -1.25. The fourth-order valence-corrected chi connectivity index (χ4v) is 1.12. The van der Waals surface area contributed by atoms with Crippen molar-refractivity contribution in [2.75, 3.05) is 5.73 Å². The van der Waals surface area contributed by atoms with Gasteiger partial charge in [0.05, 0.1) is 11.8 Å². The Morgan fingerprint density at radius 1 is 1.29 bits per heavy atom. The maximum atomic E-state index is 5.82. The van der Waals surface area contributed by atoms with Crippen LogP contribution in [-0.2, 0) is 0 Å². The van der Waals surface area contributed by atoms with Crippen LogP contribution in [0.2, 0.25) is 0 Å². The zero-order valence-electron chi connectivity index (χ0n) is 9.24. The van der Waals surface area contributed by atoms with E-state index in [4.69, 9.17) is 10.5 Å². The van der Waals surface area contributed by atoms with E-state index >= 15 is 0 Å². The molecule has 0 fully saturated rings. The molecule has 0 bridgehead atoms. The molecular formula is C11H18N2O. The number of aromatic nitrogens is 1. The highest BCUT2D eigenvalue weighted by Crippen LogP contribution is 2.23. The predicted octanol–water partition coefficient (Wildman–Crippen LogP) is 2.57. The fraction of sp³-hybridized carbons (Fsp3) is 0.545. The number of nitrogen functional groups attached to an aromatic ring is 1. The van der Waals surface area contributed by atoms with Crippen molar-refractivity contribution < 1.29 is 4.74 Å². The molecule has 0 spiro atoms. The van der Waals surface area contributed by atoms with Crippen molar-refractivity contribution in [3.05, 3.63) is 17.8 Å². The Morgan fingerprint density at radius 3 is 2.36 bits per heavy atom. The van der Waals surface area contributed by atoms with Crippen LogP contribution in [0.25, 0.3) is 0 Å². The van der Waals surface area contributed by atoms with Gasteiger partial charge in [0.1, 0.15) is 0 Å². The molecule has 2 N–H and O–H groups in total. The van der Waals surface area contributed by atoms with Crippen molar-refractivity contribution in [1.29, 1.82) is 0 Å². The van der Waals surface area contributed by atoms with Gasteiger partial charge in [-0.3, -0.25) is 0 Å². The van der Waals surface area contributed by atoms with Crippen LogP contribution in [0.5, 0.6) is 5.88 Å². The minimum absolute atomic E-state index is 0.106. The summed E-state index contributed by atoms with van der Waals surface area (Å²) in [5, 5.41) is 0. The summed E-state index contributed by atoms with van der Waals surface area (Å²) in [4.78, 5) is 4.19. The molecule has 78 valence electrons. The van der Waals surface area contributed by atoms with E-state index in [0.29, 0.717) is 17.5 Å². The van der Waals surface area contributed by atoms with E-state index in [2.05, 4.69) is 18.8 Å². The fourth-order valence-electron chi connectivity index (χ4n) is 1.12. The molecule has 1 heterocycles. The van der Waals surface area contributed by atoms with Crippen molar-refractivity contribution in [3.63, 3.8) is 0 Å². The topological polar surface area (TPSA) is 48.1 Å². The van der Waals surface area contributed by atoms with E-state index in [1.165, 1.54) is 0 Å². The SMILES string of the molecule is CC(C)Oc1ncc(C(C)C)cc1N. The maximum absolute atomic E-state index is 5.82. The third-order valence-corrected chi connectivity index (χ3v) is 1.91. The predicted molar refractivity (Wildman–Crippen MR) is 58.5 cm³/mol. The largest absolute Gasteiger partial charge is 0.473 e. The Bertz CT molecular complexity index is 308. The van der Waals surface area contributed by atoms with E-state index < -0.39 is 0 Å². The number of nitrogens with zero attached hydrogens (tertiary/aromatic N) is 1. The summed E-state index contributed by atoms with van der Waals surface area (Å²) in [6, 6.07) is 1.93. The van der Waals surface area contributed by atoms with Crippen LogP contribution in [0.4, 0.5) is 5.69 Å². The Kier molecular flexibility index (Phi) is 3.33. The molecule has 14 heavy (non-hydrogen) atoms. The Morgan fingerprint density at radius 2 is 1.93 bits per heavy atom. The zero-order chi connectivity index (χ0) is 10.7. The molecule has 0 radical (unpaired) electrons. The van der Waals surface area contributed by atoms with Gasteiger partial charge in [0.25, 0.3) is 0 Å². The molecule has 1 rings (SSSR count). The summed E-state index contributed by atoms with van der Waals surface area (Å²) in [5.41, 5.74) is 7.57. The summed E-state index contributed by atoms with van der Waals surface area (Å²) in [5.74, 6) is 0.974. The highest BCUT2D eigenvalue weighted by atomic mass is 16.5. The van der Waals surface area contributed by atoms with Crippen LogP contribution in [-0.4, -0.2) is 11.1 Å². The summed E-state index contributed by atoms with van der Waals surface area (Å²) in [6.07, 6.45) is 1.92. The third kappa shape index (κ3) is 2.62. The van der Waals surface area contributed by atoms with Gasteiger partial charge in [-0.05, 0) is 31.4 Å². The molecule has 0 aliphatic rings. The number of hydrogen-bond donors (Lipinski definition) is 1. The second kappa shape index (κ2) is 4.31. The molecule has 0 aromatic carbocycles. The Balaban J connectivity index is 2.90. The minimum atomic E-state index is 0.106. The first-order valence-corrected chi connectivity index (χ1v) is 4.92. The number of ether oxygens (including phenoxy) is 1. The van der Waals surface area contributed by atoms with Crippen LogP contribution < -0.4 is 10.5 Å². The second-order valence-corrected chi connectivity index (χ2v) is 3.98. The monoisotopic (exact) mass is 194 g/mol. The number of hydrogen-bond acceptors (Lipinski definition) is 3. The lowest BCUT2D eigenvalue weighted by Gasteiger charge is -2.12. The summed E-state index contributed by atoms with van der Waals surface area (Å²) >= 11 is 0. The molecule has 0 amide bonds. The quantitative estimate of drug-likeness (QED) is 0.804. The average molecular weight is 194 g/mol. The van der Waals surface area contributed by atoms with E-state index in [-0.39, 0.29) is 6.10 Å². The van der Waals surface area contributed by atoms with Gasteiger partial charge in [-0.1, -0.05) is 13.8 Å². The molecule has 3 heteroatoms. The van der Waals surface area contributed by atoms with Crippen molar-refractivity contribution in [3.8, 4) is 5.88 Å². The third-order valence-electron chi connectivity index (χ3n) is 1.91. The van der Waals surface area contributed by atoms with Gasteiger partial charge in [0.15, 0.2) is 0 Å². The molecule has 0 aliphatic heterocycles. The van der Waals surface area contributed by atoms with Crippen LogP contribution >= 0.6 is 0 Å². The van der Waals surface area contributed by atoms with Gasteiger partial charge in [-0.15, -0.1) is 0 Å². The van der Waals surface area contributed by atoms with Crippen molar-refractivity contribution >= 4 is 5.69 Å². The standard InChI is InChI=1S/C11H18N2O/c1-7(2)9-5-10(12)11(13-6-9)14-8(3)4/h5-8H,12H2,1-4H3. The number of nitrogens with two attached hydrogens (primary N) is 1. The van der Waals surface area contributed by atoms with Gasteiger partial charge in [0.2, 0.25) is 5.88 Å². The van der Waals surface area contributed by atoms with Gasteiger partial charge in [-0.2, -0.15) is 0 Å². The highest BCUT2D eigenvalue weighted by Gasteiger charge is 2.07. The van der Waals surface area contributed by atoms with Gasteiger partial charge in [0, 0.05) is 6.20 Å². The first-order chi connectivity index (χ1) is 6.50. The molecule has 1 aromatic heterocycles. The van der Waals surface area contributed by atoms with Gasteiger partial charge < -0.3 is 10.5 Å². The van der Waals surface area contributed by atoms with Crippen LogP contribution in [0, 0.1) is 0 Å². The minimum Gasteiger partial charge on any atom is -0.473 e. The smallest absolute Gasteiger partial charge is 0.237 e. The van der Waals surface area contributed by atoms with E-state index in [9.17, 15) is 0 Å². The highest BCUT2D eigenvalue weighted by molar-refractivity contribution is 5.50. The lowest BCUT2D eigenvalue weighted by atomic mass is 10.1. The molecule has 0 saturated carbocycles. The first-order valence-electron chi connectivity index (χ1n) is 4.92. The van der Waals surface area contributed by atoms with Gasteiger partial charge >= 0.3 is 0 Å². The van der Waals surface area contributed by atoms with E-state index in [1.54, 1.807) is 0 Å². The summed E-state index contributed by atoms with van der Waals surface area (Å²) < 4.78 is 5.44. The Labute approximate surface area is 85.3 Å². The van der Waals surface area contributed by atoms with Crippen LogP contribution in [0.15, 0.2) is 12.3 Å². The molecule has 0 saturated heterocycles. The molecule has 0 unspecified atom stereocenters. The maximum Gasteiger partial charge on any atom is 0.237 e. The van der Waals surface area contributed by atoms with Crippen molar-refractivity contribution in [2.45, 2.75) is 39.7 Å². The second-order valence-electron chi connectivity index (χ2n) is 3.98. The van der Waals surface area contributed by atoms with Crippen LogP contribution in [0.3, 0.4) is 0 Å². The number of anilines is 1. The van der Waals surface area contributed by atoms with Crippen molar-refractivity contribution in [2.24, 2.45) is 0 Å². The zero-order valence-corrected chi connectivity index (χ0v) is 9.24. The average Bonchev–Trinajstić information content (AvgIpc) is 2.07. The van der Waals surface area contributed by atoms with E-state index in [0.717, 1.165) is 5.56 Å². The number of pyridine rings is 1. The summed E-state index contributed by atoms with van der Waals surface area (Å²) in [7, 11) is 0. The molecular weight excluding hydrogens is 176 g/mol. The lowest BCUT2D eigenvalue weighted by molar-refractivity contribution is 0.234.